The molecular weight excluding hydrogens is 238 g/mol. The summed E-state index contributed by atoms with van der Waals surface area (Å²) in [7, 11) is 0. The SMILES string of the molecule is CC(Nc1ncnc2c1CCCCC2)C1CCCO1. The third-order valence-corrected chi connectivity index (χ3v) is 4.26. The summed E-state index contributed by atoms with van der Waals surface area (Å²) in [4.78, 5) is 8.93. The average Bonchev–Trinajstić information content (AvgIpc) is 2.84. The van der Waals surface area contributed by atoms with E-state index in [1.807, 2.05) is 0 Å². The second-order valence-corrected chi connectivity index (χ2v) is 5.69. The molecule has 0 aromatic carbocycles. The van der Waals surface area contributed by atoms with E-state index in [2.05, 4.69) is 22.2 Å². The van der Waals surface area contributed by atoms with Crippen molar-refractivity contribution in [3.8, 4) is 0 Å². The van der Waals surface area contributed by atoms with Crippen LogP contribution in [0.4, 0.5) is 5.82 Å². The number of aryl methyl sites for hydroxylation is 1. The molecule has 3 rings (SSSR count). The Morgan fingerprint density at radius 2 is 2.11 bits per heavy atom. The van der Waals surface area contributed by atoms with Gasteiger partial charge < -0.3 is 10.1 Å². The number of aromatic nitrogens is 2. The molecule has 1 aliphatic heterocycles. The number of fused-ring (bicyclic) bond motifs is 1. The van der Waals surface area contributed by atoms with Gasteiger partial charge in [0.15, 0.2) is 0 Å². The van der Waals surface area contributed by atoms with Gasteiger partial charge in [0.25, 0.3) is 0 Å². The highest BCUT2D eigenvalue weighted by Crippen LogP contribution is 2.25. The standard InChI is InChI=1S/C15H23N3O/c1-11(14-8-5-9-19-14)18-15-12-6-3-2-4-7-13(12)16-10-17-15/h10-11,14H,2-9H2,1H3,(H,16,17,18). The number of anilines is 1. The van der Waals surface area contributed by atoms with Crippen LogP contribution in [0.3, 0.4) is 0 Å². The second-order valence-electron chi connectivity index (χ2n) is 5.69. The summed E-state index contributed by atoms with van der Waals surface area (Å²) in [6.07, 6.45) is 10.4. The molecule has 0 amide bonds. The fourth-order valence-electron chi connectivity index (χ4n) is 3.13. The van der Waals surface area contributed by atoms with Gasteiger partial charge in [-0.3, -0.25) is 0 Å². The molecular formula is C15H23N3O. The van der Waals surface area contributed by atoms with Crippen LogP contribution in [0.25, 0.3) is 0 Å². The maximum atomic E-state index is 5.75. The van der Waals surface area contributed by atoms with Crippen LogP contribution in [0.5, 0.6) is 0 Å². The number of hydrogen-bond acceptors (Lipinski definition) is 4. The van der Waals surface area contributed by atoms with Crippen molar-refractivity contribution in [1.82, 2.24) is 9.97 Å². The Balaban J connectivity index is 1.76. The van der Waals surface area contributed by atoms with Crippen LogP contribution in [-0.4, -0.2) is 28.7 Å². The van der Waals surface area contributed by atoms with Crippen molar-refractivity contribution in [2.75, 3.05) is 11.9 Å². The van der Waals surface area contributed by atoms with Crippen LogP contribution in [0, 0.1) is 0 Å². The van der Waals surface area contributed by atoms with Crippen molar-refractivity contribution in [3.63, 3.8) is 0 Å². The molecule has 1 fully saturated rings. The summed E-state index contributed by atoms with van der Waals surface area (Å²) >= 11 is 0. The van der Waals surface area contributed by atoms with Crippen LogP contribution >= 0.6 is 0 Å². The van der Waals surface area contributed by atoms with Crippen molar-refractivity contribution in [1.29, 1.82) is 0 Å². The van der Waals surface area contributed by atoms with E-state index in [4.69, 9.17) is 4.74 Å². The quantitative estimate of drug-likeness (QED) is 0.850. The fraction of sp³-hybridized carbons (Fsp3) is 0.733. The number of hydrogen-bond donors (Lipinski definition) is 1. The lowest BCUT2D eigenvalue weighted by Crippen LogP contribution is -2.31. The van der Waals surface area contributed by atoms with E-state index in [-0.39, 0.29) is 0 Å². The fourth-order valence-corrected chi connectivity index (χ4v) is 3.13. The topological polar surface area (TPSA) is 47.0 Å². The molecule has 0 saturated carbocycles. The van der Waals surface area contributed by atoms with Crippen molar-refractivity contribution in [2.24, 2.45) is 0 Å². The predicted molar refractivity (Wildman–Crippen MR) is 75.3 cm³/mol. The lowest BCUT2D eigenvalue weighted by atomic mass is 10.1. The molecule has 4 heteroatoms. The van der Waals surface area contributed by atoms with Gasteiger partial charge in [-0.15, -0.1) is 0 Å². The zero-order valence-electron chi connectivity index (χ0n) is 11.7. The molecule has 2 aliphatic rings. The molecule has 0 bridgehead atoms. The molecule has 1 N–H and O–H groups in total. The summed E-state index contributed by atoms with van der Waals surface area (Å²) in [5, 5.41) is 3.56. The van der Waals surface area contributed by atoms with Crippen molar-refractivity contribution in [3.05, 3.63) is 17.6 Å². The lowest BCUT2D eigenvalue weighted by molar-refractivity contribution is 0.0995. The van der Waals surface area contributed by atoms with Crippen molar-refractivity contribution >= 4 is 5.82 Å². The van der Waals surface area contributed by atoms with Crippen LogP contribution in [0.2, 0.25) is 0 Å². The third-order valence-electron chi connectivity index (χ3n) is 4.26. The van der Waals surface area contributed by atoms with Gasteiger partial charge in [0.1, 0.15) is 12.1 Å². The first kappa shape index (κ1) is 12.9. The summed E-state index contributed by atoms with van der Waals surface area (Å²) in [5.74, 6) is 1.04. The predicted octanol–water partition coefficient (Wildman–Crippen LogP) is 2.72. The van der Waals surface area contributed by atoms with E-state index in [0.717, 1.165) is 31.7 Å². The molecule has 1 aliphatic carbocycles. The Bertz CT molecular complexity index is 429. The molecule has 1 saturated heterocycles. The first-order valence-corrected chi connectivity index (χ1v) is 7.55. The van der Waals surface area contributed by atoms with E-state index in [1.165, 1.54) is 36.9 Å². The first-order chi connectivity index (χ1) is 9.34. The van der Waals surface area contributed by atoms with E-state index in [0.29, 0.717) is 12.1 Å². The number of nitrogens with zero attached hydrogens (tertiary/aromatic N) is 2. The van der Waals surface area contributed by atoms with E-state index in [1.54, 1.807) is 6.33 Å². The second kappa shape index (κ2) is 5.87. The zero-order chi connectivity index (χ0) is 13.1. The molecule has 104 valence electrons. The largest absolute Gasteiger partial charge is 0.376 e. The van der Waals surface area contributed by atoms with Gasteiger partial charge in [0.2, 0.25) is 0 Å². The molecule has 2 atom stereocenters. The highest BCUT2D eigenvalue weighted by Gasteiger charge is 2.24. The molecule has 2 unspecified atom stereocenters. The molecule has 19 heavy (non-hydrogen) atoms. The minimum absolute atomic E-state index is 0.324. The number of ether oxygens (including phenoxy) is 1. The van der Waals surface area contributed by atoms with Gasteiger partial charge in [-0.1, -0.05) is 6.42 Å². The molecule has 0 spiro atoms. The van der Waals surface area contributed by atoms with Gasteiger partial charge in [-0.2, -0.15) is 0 Å². The number of nitrogens with one attached hydrogen (secondary N) is 1. The first-order valence-electron chi connectivity index (χ1n) is 7.55. The van der Waals surface area contributed by atoms with Gasteiger partial charge in [0.05, 0.1) is 12.1 Å². The Labute approximate surface area is 115 Å². The van der Waals surface area contributed by atoms with E-state index >= 15 is 0 Å². The van der Waals surface area contributed by atoms with Gasteiger partial charge in [-0.25, -0.2) is 9.97 Å². The monoisotopic (exact) mass is 261 g/mol. The molecule has 2 heterocycles. The van der Waals surface area contributed by atoms with Gasteiger partial charge in [-0.05, 0) is 45.4 Å². The normalized spacial score (nSPS) is 24.6. The van der Waals surface area contributed by atoms with Gasteiger partial charge >= 0.3 is 0 Å². The highest BCUT2D eigenvalue weighted by molar-refractivity contribution is 5.47. The Morgan fingerprint density at radius 1 is 1.21 bits per heavy atom. The van der Waals surface area contributed by atoms with E-state index < -0.39 is 0 Å². The zero-order valence-corrected chi connectivity index (χ0v) is 11.7. The Morgan fingerprint density at radius 3 is 2.95 bits per heavy atom. The summed E-state index contributed by atoms with van der Waals surface area (Å²) < 4.78 is 5.75. The maximum Gasteiger partial charge on any atom is 0.133 e. The minimum atomic E-state index is 0.324. The average molecular weight is 261 g/mol. The summed E-state index contributed by atoms with van der Waals surface area (Å²) in [5.41, 5.74) is 2.58. The summed E-state index contributed by atoms with van der Waals surface area (Å²) in [6.45, 7) is 3.10. The van der Waals surface area contributed by atoms with Crippen LogP contribution in [0.1, 0.15) is 50.3 Å². The van der Waals surface area contributed by atoms with Crippen LogP contribution < -0.4 is 5.32 Å². The van der Waals surface area contributed by atoms with E-state index in [9.17, 15) is 0 Å². The van der Waals surface area contributed by atoms with Crippen LogP contribution in [0.15, 0.2) is 6.33 Å². The number of rotatable bonds is 3. The van der Waals surface area contributed by atoms with Crippen molar-refractivity contribution < 1.29 is 4.74 Å². The lowest BCUT2D eigenvalue weighted by Gasteiger charge is -2.22. The minimum Gasteiger partial charge on any atom is -0.376 e. The smallest absolute Gasteiger partial charge is 0.133 e. The molecule has 0 radical (unpaired) electrons. The summed E-state index contributed by atoms with van der Waals surface area (Å²) in [6, 6.07) is 0.324. The van der Waals surface area contributed by atoms with Crippen LogP contribution in [-0.2, 0) is 17.6 Å². The Kier molecular flexibility index (Phi) is 3.97. The molecule has 1 aromatic rings. The van der Waals surface area contributed by atoms with Gasteiger partial charge in [0, 0.05) is 17.9 Å². The third kappa shape index (κ3) is 2.89. The van der Waals surface area contributed by atoms with Crippen molar-refractivity contribution in [2.45, 2.75) is 64.0 Å². The molecule has 4 nitrogen and oxygen atoms in total. The Hall–Kier alpha value is -1.16. The maximum absolute atomic E-state index is 5.75. The molecule has 1 aromatic heterocycles. The highest BCUT2D eigenvalue weighted by atomic mass is 16.5.